The van der Waals surface area contributed by atoms with Gasteiger partial charge in [0.25, 0.3) is 0 Å². The Morgan fingerprint density at radius 3 is 2.63 bits per heavy atom. The molecular formula is C12H13F3N4. The largest absolute Gasteiger partial charge is 0.418 e. The SMILES string of the molecule is CCC(N)c1cn(-c2ccccc2C(F)(F)F)nn1. The molecule has 2 N–H and O–H groups in total. The molecule has 19 heavy (non-hydrogen) atoms. The van der Waals surface area contributed by atoms with Crippen molar-refractivity contribution in [3.05, 3.63) is 41.7 Å². The maximum atomic E-state index is 12.9. The van der Waals surface area contributed by atoms with Gasteiger partial charge in [-0.25, -0.2) is 4.68 Å². The van der Waals surface area contributed by atoms with Gasteiger partial charge in [0.15, 0.2) is 0 Å². The lowest BCUT2D eigenvalue weighted by atomic mass is 10.1. The van der Waals surface area contributed by atoms with E-state index in [9.17, 15) is 13.2 Å². The predicted octanol–water partition coefficient (Wildman–Crippen LogP) is 2.70. The van der Waals surface area contributed by atoms with Crippen molar-refractivity contribution in [2.75, 3.05) is 0 Å². The Kier molecular flexibility index (Phi) is 3.57. The van der Waals surface area contributed by atoms with Crippen molar-refractivity contribution in [3.63, 3.8) is 0 Å². The van der Waals surface area contributed by atoms with E-state index >= 15 is 0 Å². The van der Waals surface area contributed by atoms with Gasteiger partial charge in [-0.1, -0.05) is 24.3 Å². The first-order valence-electron chi connectivity index (χ1n) is 5.78. The molecule has 1 aromatic heterocycles. The quantitative estimate of drug-likeness (QED) is 0.932. The van der Waals surface area contributed by atoms with E-state index in [1.807, 2.05) is 6.92 Å². The Morgan fingerprint density at radius 1 is 1.32 bits per heavy atom. The van der Waals surface area contributed by atoms with E-state index in [-0.39, 0.29) is 11.7 Å². The maximum Gasteiger partial charge on any atom is 0.418 e. The molecule has 7 heteroatoms. The number of nitrogens with zero attached hydrogens (tertiary/aromatic N) is 3. The monoisotopic (exact) mass is 270 g/mol. The van der Waals surface area contributed by atoms with Crippen molar-refractivity contribution in [1.29, 1.82) is 0 Å². The van der Waals surface area contributed by atoms with Crippen LogP contribution in [0.4, 0.5) is 13.2 Å². The summed E-state index contributed by atoms with van der Waals surface area (Å²) >= 11 is 0. The third-order valence-electron chi connectivity index (χ3n) is 2.79. The summed E-state index contributed by atoms with van der Waals surface area (Å²) in [6, 6.07) is 4.88. The van der Waals surface area contributed by atoms with E-state index in [4.69, 9.17) is 5.73 Å². The average molecular weight is 270 g/mol. The third-order valence-corrected chi connectivity index (χ3v) is 2.79. The van der Waals surface area contributed by atoms with E-state index < -0.39 is 11.7 Å². The Balaban J connectivity index is 2.45. The van der Waals surface area contributed by atoms with Crippen molar-refractivity contribution in [2.45, 2.75) is 25.6 Å². The average Bonchev–Trinajstić information content (AvgIpc) is 2.86. The molecule has 0 fully saturated rings. The lowest BCUT2D eigenvalue weighted by Gasteiger charge is -2.11. The number of hydrogen-bond donors (Lipinski definition) is 1. The smallest absolute Gasteiger partial charge is 0.323 e. The highest BCUT2D eigenvalue weighted by atomic mass is 19.4. The number of nitrogens with two attached hydrogens (primary N) is 1. The van der Waals surface area contributed by atoms with Crippen LogP contribution in [0.2, 0.25) is 0 Å². The summed E-state index contributed by atoms with van der Waals surface area (Å²) in [6.07, 6.45) is -2.37. The van der Waals surface area contributed by atoms with Crippen LogP contribution in [0.1, 0.15) is 30.6 Å². The van der Waals surface area contributed by atoms with E-state index in [2.05, 4.69) is 10.3 Å². The minimum Gasteiger partial charge on any atom is -0.323 e. The molecule has 0 aliphatic rings. The molecule has 0 amide bonds. The van der Waals surface area contributed by atoms with Gasteiger partial charge in [-0.3, -0.25) is 0 Å². The molecule has 0 aliphatic carbocycles. The molecule has 4 nitrogen and oxygen atoms in total. The highest BCUT2D eigenvalue weighted by Gasteiger charge is 2.34. The van der Waals surface area contributed by atoms with Crippen LogP contribution in [0.15, 0.2) is 30.5 Å². The molecule has 0 radical (unpaired) electrons. The van der Waals surface area contributed by atoms with Crippen molar-refractivity contribution < 1.29 is 13.2 Å². The van der Waals surface area contributed by atoms with Gasteiger partial charge in [0.1, 0.15) is 0 Å². The first kappa shape index (κ1) is 13.5. The zero-order valence-electron chi connectivity index (χ0n) is 10.2. The van der Waals surface area contributed by atoms with Gasteiger partial charge in [-0.2, -0.15) is 13.2 Å². The lowest BCUT2D eigenvalue weighted by Crippen LogP contribution is -2.11. The van der Waals surface area contributed by atoms with Gasteiger partial charge in [0.2, 0.25) is 0 Å². The molecule has 2 aromatic rings. The van der Waals surface area contributed by atoms with Gasteiger partial charge >= 0.3 is 6.18 Å². The molecule has 1 unspecified atom stereocenters. The summed E-state index contributed by atoms with van der Waals surface area (Å²) in [5, 5.41) is 7.52. The van der Waals surface area contributed by atoms with Gasteiger partial charge in [-0.15, -0.1) is 5.10 Å². The van der Waals surface area contributed by atoms with Gasteiger partial charge in [-0.05, 0) is 18.6 Å². The van der Waals surface area contributed by atoms with Crippen LogP contribution in [0.25, 0.3) is 5.69 Å². The van der Waals surface area contributed by atoms with Crippen molar-refractivity contribution in [1.82, 2.24) is 15.0 Å². The minimum absolute atomic E-state index is 0.0583. The summed E-state index contributed by atoms with van der Waals surface area (Å²) < 4.78 is 39.7. The van der Waals surface area contributed by atoms with Crippen molar-refractivity contribution in [2.24, 2.45) is 5.73 Å². The molecule has 0 saturated heterocycles. The molecule has 2 rings (SSSR count). The Morgan fingerprint density at radius 2 is 2.00 bits per heavy atom. The summed E-state index contributed by atoms with van der Waals surface area (Å²) in [7, 11) is 0. The second-order valence-electron chi connectivity index (χ2n) is 4.12. The third kappa shape index (κ3) is 2.76. The number of halogens is 3. The second kappa shape index (κ2) is 5.00. The molecule has 1 heterocycles. The molecular weight excluding hydrogens is 257 g/mol. The van der Waals surface area contributed by atoms with E-state index in [0.29, 0.717) is 12.1 Å². The minimum atomic E-state index is -4.43. The number of hydrogen-bond acceptors (Lipinski definition) is 3. The summed E-state index contributed by atoms with van der Waals surface area (Å²) in [6.45, 7) is 1.87. The molecule has 1 aromatic carbocycles. The van der Waals surface area contributed by atoms with Gasteiger partial charge < -0.3 is 5.73 Å². The van der Waals surface area contributed by atoms with E-state index in [1.54, 1.807) is 0 Å². The molecule has 0 spiro atoms. The Hall–Kier alpha value is -1.89. The van der Waals surface area contributed by atoms with Gasteiger partial charge in [0.05, 0.1) is 29.2 Å². The number of para-hydroxylation sites is 1. The van der Waals surface area contributed by atoms with E-state index in [0.717, 1.165) is 10.7 Å². The highest BCUT2D eigenvalue weighted by Crippen LogP contribution is 2.33. The van der Waals surface area contributed by atoms with Crippen LogP contribution in [0, 0.1) is 0 Å². The molecule has 102 valence electrons. The van der Waals surface area contributed by atoms with Crippen LogP contribution in [0.5, 0.6) is 0 Å². The normalized spacial score (nSPS) is 13.5. The first-order valence-corrected chi connectivity index (χ1v) is 5.78. The summed E-state index contributed by atoms with van der Waals surface area (Å²) in [4.78, 5) is 0. The molecule has 0 saturated carbocycles. The molecule has 0 aliphatic heterocycles. The zero-order valence-corrected chi connectivity index (χ0v) is 10.2. The fourth-order valence-electron chi connectivity index (χ4n) is 1.69. The number of benzene rings is 1. The zero-order chi connectivity index (χ0) is 14.0. The van der Waals surface area contributed by atoms with Gasteiger partial charge in [0, 0.05) is 0 Å². The fourth-order valence-corrected chi connectivity index (χ4v) is 1.69. The standard InChI is InChI=1S/C12H13F3N4/c1-2-9(16)10-7-19(18-17-10)11-6-4-3-5-8(11)12(13,14)15/h3-7,9H,2,16H2,1H3. The number of alkyl halides is 3. The first-order chi connectivity index (χ1) is 8.93. The van der Waals surface area contributed by atoms with Crippen LogP contribution in [-0.4, -0.2) is 15.0 Å². The predicted molar refractivity (Wildman–Crippen MR) is 63.6 cm³/mol. The van der Waals surface area contributed by atoms with Crippen LogP contribution < -0.4 is 5.73 Å². The second-order valence-corrected chi connectivity index (χ2v) is 4.12. The molecule has 1 atom stereocenters. The highest BCUT2D eigenvalue weighted by molar-refractivity contribution is 5.42. The Labute approximate surface area is 108 Å². The van der Waals surface area contributed by atoms with Crippen molar-refractivity contribution in [3.8, 4) is 5.69 Å². The lowest BCUT2D eigenvalue weighted by molar-refractivity contribution is -0.137. The van der Waals surface area contributed by atoms with Crippen LogP contribution in [0.3, 0.4) is 0 Å². The summed E-state index contributed by atoms with van der Waals surface area (Å²) in [5.41, 5.74) is 5.43. The van der Waals surface area contributed by atoms with Crippen LogP contribution >= 0.6 is 0 Å². The molecule has 0 bridgehead atoms. The number of aromatic nitrogens is 3. The van der Waals surface area contributed by atoms with Crippen molar-refractivity contribution >= 4 is 0 Å². The fraction of sp³-hybridized carbons (Fsp3) is 0.333. The van der Waals surface area contributed by atoms with E-state index in [1.165, 1.54) is 24.4 Å². The number of rotatable bonds is 3. The Bertz CT molecular complexity index is 562. The summed E-state index contributed by atoms with van der Waals surface area (Å²) in [5.74, 6) is 0. The van der Waals surface area contributed by atoms with Crippen LogP contribution in [-0.2, 0) is 6.18 Å². The maximum absolute atomic E-state index is 12.9. The topological polar surface area (TPSA) is 56.7 Å².